The van der Waals surface area contributed by atoms with Crippen molar-refractivity contribution in [2.45, 2.75) is 39.0 Å². The number of halogens is 1. The Hall–Kier alpha value is -2.34. The second kappa shape index (κ2) is 8.06. The minimum Gasteiger partial charge on any atom is -0.385 e. The lowest BCUT2D eigenvalue weighted by atomic mass is 9.90. The van der Waals surface area contributed by atoms with Crippen molar-refractivity contribution < 1.29 is 4.79 Å². The third kappa shape index (κ3) is 4.10. The van der Waals surface area contributed by atoms with Crippen LogP contribution in [0.5, 0.6) is 0 Å². The number of piperidine rings is 1. The number of carbonyl (C=O) groups is 1. The van der Waals surface area contributed by atoms with Crippen LogP contribution in [0.4, 0.5) is 17.3 Å². The molecule has 7 heteroatoms. The molecule has 1 saturated heterocycles. The second-order valence-corrected chi connectivity index (χ2v) is 9.39. The maximum Gasteiger partial charge on any atom is 0.228 e. The molecule has 5 rings (SSSR count). The van der Waals surface area contributed by atoms with Crippen molar-refractivity contribution in [1.82, 2.24) is 9.97 Å². The highest BCUT2D eigenvalue weighted by Crippen LogP contribution is 2.49. The van der Waals surface area contributed by atoms with E-state index in [2.05, 4.69) is 44.6 Å². The molecule has 0 spiro atoms. The fraction of sp³-hybridized carbons (Fsp3) is 0.522. The number of rotatable bonds is 6. The van der Waals surface area contributed by atoms with Crippen LogP contribution < -0.4 is 15.5 Å². The first-order chi connectivity index (χ1) is 14.6. The molecule has 2 atom stereocenters. The maximum atomic E-state index is 11.6. The van der Waals surface area contributed by atoms with E-state index in [1.54, 1.807) is 12.4 Å². The van der Waals surface area contributed by atoms with Gasteiger partial charge in [0.25, 0.3) is 0 Å². The van der Waals surface area contributed by atoms with Crippen molar-refractivity contribution >= 4 is 34.8 Å². The minimum atomic E-state index is 0.0970. The molecule has 0 bridgehead atoms. The summed E-state index contributed by atoms with van der Waals surface area (Å²) in [7, 11) is 0. The summed E-state index contributed by atoms with van der Waals surface area (Å²) in [6.45, 7) is 5.13. The molecule has 2 aliphatic heterocycles. The van der Waals surface area contributed by atoms with Gasteiger partial charge in [-0.05, 0) is 73.6 Å². The SMILES string of the molecule is Cc1cc(NCCC2CC2C2CCN(c3ncc(Cl)cn3)CC2)cc2c1NC(=O)C2. The number of fused-ring (bicyclic) bond motifs is 1. The molecule has 1 aliphatic carbocycles. The highest BCUT2D eigenvalue weighted by molar-refractivity contribution is 6.30. The number of hydrogen-bond donors (Lipinski definition) is 2. The van der Waals surface area contributed by atoms with Gasteiger partial charge in [-0.15, -0.1) is 0 Å². The monoisotopic (exact) mass is 425 g/mol. The van der Waals surface area contributed by atoms with Crippen LogP contribution in [0.1, 0.15) is 36.8 Å². The number of anilines is 3. The number of hydrogen-bond acceptors (Lipinski definition) is 5. The molecular weight excluding hydrogens is 398 g/mol. The summed E-state index contributed by atoms with van der Waals surface area (Å²) >= 11 is 5.89. The lowest BCUT2D eigenvalue weighted by Gasteiger charge is -2.32. The highest BCUT2D eigenvalue weighted by Gasteiger charge is 2.43. The summed E-state index contributed by atoms with van der Waals surface area (Å²) in [5.41, 5.74) is 4.39. The van der Waals surface area contributed by atoms with Crippen LogP contribution in [-0.4, -0.2) is 35.5 Å². The number of amides is 1. The van der Waals surface area contributed by atoms with Crippen LogP contribution in [0.15, 0.2) is 24.5 Å². The van der Waals surface area contributed by atoms with Gasteiger partial charge in [-0.2, -0.15) is 0 Å². The van der Waals surface area contributed by atoms with E-state index in [1.807, 2.05) is 0 Å². The zero-order chi connectivity index (χ0) is 20.7. The first-order valence-electron chi connectivity index (χ1n) is 11.0. The van der Waals surface area contributed by atoms with E-state index < -0.39 is 0 Å². The van der Waals surface area contributed by atoms with Crippen LogP contribution in [0.25, 0.3) is 0 Å². The number of carbonyl (C=O) groups excluding carboxylic acids is 1. The molecule has 158 valence electrons. The summed E-state index contributed by atoms with van der Waals surface area (Å²) in [5.74, 6) is 3.46. The largest absolute Gasteiger partial charge is 0.385 e. The lowest BCUT2D eigenvalue weighted by Crippen LogP contribution is -2.35. The second-order valence-electron chi connectivity index (χ2n) is 8.95. The summed E-state index contributed by atoms with van der Waals surface area (Å²) < 4.78 is 0. The van der Waals surface area contributed by atoms with E-state index in [0.717, 1.165) is 65.8 Å². The fourth-order valence-electron chi connectivity index (χ4n) is 5.22. The Labute approximate surface area is 182 Å². The predicted molar refractivity (Wildman–Crippen MR) is 120 cm³/mol. The average molecular weight is 426 g/mol. The van der Waals surface area contributed by atoms with E-state index in [1.165, 1.54) is 25.7 Å². The third-order valence-corrected chi connectivity index (χ3v) is 7.08. The fourth-order valence-corrected chi connectivity index (χ4v) is 5.31. The van der Waals surface area contributed by atoms with Gasteiger partial charge in [0.05, 0.1) is 23.8 Å². The highest BCUT2D eigenvalue weighted by atomic mass is 35.5. The van der Waals surface area contributed by atoms with Crippen LogP contribution in [0, 0.1) is 24.7 Å². The summed E-state index contributed by atoms with van der Waals surface area (Å²) in [6.07, 6.45) is 8.89. The summed E-state index contributed by atoms with van der Waals surface area (Å²) in [4.78, 5) is 22.6. The van der Waals surface area contributed by atoms with Gasteiger partial charge in [0, 0.05) is 31.0 Å². The van der Waals surface area contributed by atoms with Crippen LogP contribution in [0.2, 0.25) is 5.02 Å². The van der Waals surface area contributed by atoms with Crippen molar-refractivity contribution in [3.63, 3.8) is 0 Å². The summed E-state index contributed by atoms with van der Waals surface area (Å²) in [5, 5.41) is 7.12. The van der Waals surface area contributed by atoms with E-state index in [4.69, 9.17) is 11.6 Å². The Kier molecular flexibility index (Phi) is 5.27. The van der Waals surface area contributed by atoms with Crippen LogP contribution in [-0.2, 0) is 11.2 Å². The number of benzene rings is 1. The molecule has 1 saturated carbocycles. The summed E-state index contributed by atoms with van der Waals surface area (Å²) in [6, 6.07) is 4.27. The van der Waals surface area contributed by atoms with E-state index in [9.17, 15) is 4.79 Å². The van der Waals surface area contributed by atoms with Gasteiger partial charge < -0.3 is 15.5 Å². The van der Waals surface area contributed by atoms with Gasteiger partial charge in [-0.25, -0.2) is 9.97 Å². The number of aryl methyl sites for hydroxylation is 1. The van der Waals surface area contributed by atoms with Gasteiger partial charge in [-0.1, -0.05) is 11.6 Å². The third-order valence-electron chi connectivity index (χ3n) is 6.89. The first-order valence-corrected chi connectivity index (χ1v) is 11.3. The molecule has 2 aromatic rings. The Balaban J connectivity index is 1.07. The molecule has 1 aromatic carbocycles. The lowest BCUT2D eigenvalue weighted by molar-refractivity contribution is -0.115. The molecule has 3 heterocycles. The Bertz CT molecular complexity index is 939. The predicted octanol–water partition coefficient (Wildman–Crippen LogP) is 4.29. The standard InChI is InChI=1S/C23H28ClN5O/c1-14-8-19(9-17-11-21(30)28-22(14)17)25-5-2-16-10-20(16)15-3-6-29(7-4-15)23-26-12-18(24)13-27-23/h8-9,12-13,15-16,20,25H,2-7,10-11H2,1H3,(H,28,30). The van der Waals surface area contributed by atoms with Gasteiger partial charge in [0.1, 0.15) is 0 Å². The van der Waals surface area contributed by atoms with Gasteiger partial charge in [0.15, 0.2) is 0 Å². The quantitative estimate of drug-likeness (QED) is 0.722. The molecule has 3 aliphatic rings. The molecule has 2 N–H and O–H groups in total. The smallest absolute Gasteiger partial charge is 0.228 e. The molecular formula is C23H28ClN5O. The normalized spacial score (nSPS) is 23.3. The van der Waals surface area contributed by atoms with E-state index >= 15 is 0 Å². The van der Waals surface area contributed by atoms with Crippen LogP contribution in [0.3, 0.4) is 0 Å². The molecule has 30 heavy (non-hydrogen) atoms. The van der Waals surface area contributed by atoms with Crippen molar-refractivity contribution in [3.8, 4) is 0 Å². The van der Waals surface area contributed by atoms with Crippen molar-refractivity contribution in [2.75, 3.05) is 35.2 Å². The van der Waals surface area contributed by atoms with Crippen LogP contribution >= 0.6 is 11.6 Å². The van der Waals surface area contributed by atoms with E-state index in [0.29, 0.717) is 11.4 Å². The Morgan fingerprint density at radius 1 is 1.23 bits per heavy atom. The zero-order valence-corrected chi connectivity index (χ0v) is 18.1. The van der Waals surface area contributed by atoms with Crippen molar-refractivity contribution in [2.24, 2.45) is 17.8 Å². The van der Waals surface area contributed by atoms with Crippen molar-refractivity contribution in [3.05, 3.63) is 40.7 Å². The molecule has 1 aromatic heterocycles. The minimum absolute atomic E-state index is 0.0970. The van der Waals surface area contributed by atoms with Gasteiger partial charge >= 0.3 is 0 Å². The van der Waals surface area contributed by atoms with E-state index in [-0.39, 0.29) is 5.91 Å². The molecule has 6 nitrogen and oxygen atoms in total. The zero-order valence-electron chi connectivity index (χ0n) is 17.3. The van der Waals surface area contributed by atoms with Crippen molar-refractivity contribution in [1.29, 1.82) is 0 Å². The maximum absolute atomic E-state index is 11.6. The molecule has 2 fully saturated rings. The topological polar surface area (TPSA) is 70.2 Å². The number of nitrogens with zero attached hydrogens (tertiary/aromatic N) is 3. The Morgan fingerprint density at radius 3 is 2.77 bits per heavy atom. The molecule has 1 amide bonds. The molecule has 0 radical (unpaired) electrons. The van der Waals surface area contributed by atoms with Gasteiger partial charge in [-0.3, -0.25) is 4.79 Å². The molecule has 2 unspecified atom stereocenters. The first kappa shape index (κ1) is 19.6. The average Bonchev–Trinajstić information content (AvgIpc) is 3.41. The number of nitrogens with one attached hydrogen (secondary N) is 2. The number of aromatic nitrogens is 2. The van der Waals surface area contributed by atoms with Gasteiger partial charge in [0.2, 0.25) is 11.9 Å². The Morgan fingerprint density at radius 2 is 2.00 bits per heavy atom.